The highest BCUT2D eigenvalue weighted by molar-refractivity contribution is 5.67. The van der Waals surface area contributed by atoms with Crippen molar-refractivity contribution in [1.82, 2.24) is 5.32 Å². The minimum atomic E-state index is -0.271. The Bertz CT molecular complexity index is 188. The molecule has 0 aromatic heterocycles. The summed E-state index contributed by atoms with van der Waals surface area (Å²) in [5.74, 6) is 1.25. The van der Waals surface area contributed by atoms with Crippen molar-refractivity contribution in [3.8, 4) is 0 Å². The van der Waals surface area contributed by atoms with E-state index in [-0.39, 0.29) is 12.1 Å². The Morgan fingerprint density at radius 3 is 2.57 bits per heavy atom. The first-order chi connectivity index (χ1) is 6.58. The van der Waals surface area contributed by atoms with Crippen LogP contribution in [0.1, 0.15) is 40.0 Å². The molecule has 1 saturated carbocycles. The Balaban J connectivity index is 2.05. The van der Waals surface area contributed by atoms with Crippen LogP contribution in [-0.2, 0) is 4.74 Å². The van der Waals surface area contributed by atoms with Crippen molar-refractivity contribution in [3.05, 3.63) is 0 Å². The summed E-state index contributed by atoms with van der Waals surface area (Å²) in [4.78, 5) is 11.2. The van der Waals surface area contributed by atoms with Crippen LogP contribution in [0.25, 0.3) is 0 Å². The van der Waals surface area contributed by atoms with E-state index < -0.39 is 0 Å². The van der Waals surface area contributed by atoms with Crippen LogP contribution in [0.5, 0.6) is 0 Å². The second-order valence-electron chi connectivity index (χ2n) is 4.72. The molecule has 0 radical (unpaired) electrons. The van der Waals surface area contributed by atoms with Gasteiger partial charge in [-0.15, -0.1) is 0 Å². The topological polar surface area (TPSA) is 38.3 Å². The number of amides is 1. The molecule has 1 amide bonds. The molecule has 0 bridgehead atoms. The van der Waals surface area contributed by atoms with Gasteiger partial charge in [0.1, 0.15) is 0 Å². The lowest BCUT2D eigenvalue weighted by Gasteiger charge is -2.14. The lowest BCUT2D eigenvalue weighted by molar-refractivity contribution is 0.129. The van der Waals surface area contributed by atoms with Gasteiger partial charge in [0.2, 0.25) is 0 Å². The van der Waals surface area contributed by atoms with E-state index >= 15 is 0 Å². The minimum Gasteiger partial charge on any atom is -0.449 e. The fraction of sp³-hybridized carbons (Fsp3) is 0.909. The van der Waals surface area contributed by atoms with Crippen LogP contribution in [0, 0.1) is 11.8 Å². The first-order valence-corrected chi connectivity index (χ1v) is 5.51. The third-order valence-corrected chi connectivity index (χ3v) is 2.30. The fourth-order valence-electron chi connectivity index (χ4n) is 1.40. The molecular formula is C11H21NO2. The van der Waals surface area contributed by atoms with E-state index in [1.807, 2.05) is 20.8 Å². The third kappa shape index (κ3) is 5.10. The van der Waals surface area contributed by atoms with E-state index in [9.17, 15) is 4.79 Å². The number of carbonyl (C=O) groups excluding carboxylic acids is 1. The Hall–Kier alpha value is -0.730. The van der Waals surface area contributed by atoms with Crippen molar-refractivity contribution in [2.24, 2.45) is 11.8 Å². The zero-order valence-electron chi connectivity index (χ0n) is 9.38. The Morgan fingerprint density at radius 2 is 2.07 bits per heavy atom. The molecule has 3 nitrogen and oxygen atoms in total. The summed E-state index contributed by atoms with van der Waals surface area (Å²) in [5.41, 5.74) is 0. The summed E-state index contributed by atoms with van der Waals surface area (Å²) in [6, 6.07) is 0.252. The molecule has 82 valence electrons. The first-order valence-electron chi connectivity index (χ1n) is 5.51. The lowest BCUT2D eigenvalue weighted by atomic mass is 10.2. The Labute approximate surface area is 86.2 Å². The van der Waals surface area contributed by atoms with Gasteiger partial charge in [0.25, 0.3) is 0 Å². The van der Waals surface area contributed by atoms with E-state index in [0.29, 0.717) is 12.5 Å². The van der Waals surface area contributed by atoms with E-state index in [4.69, 9.17) is 4.74 Å². The van der Waals surface area contributed by atoms with Gasteiger partial charge in [0, 0.05) is 6.04 Å². The van der Waals surface area contributed by atoms with Gasteiger partial charge in [-0.3, -0.25) is 0 Å². The molecule has 1 aliphatic carbocycles. The normalized spacial score (nSPS) is 18.0. The Morgan fingerprint density at radius 1 is 1.43 bits per heavy atom. The molecule has 0 aromatic carbocycles. The molecule has 1 unspecified atom stereocenters. The maximum Gasteiger partial charge on any atom is 0.407 e. The van der Waals surface area contributed by atoms with Gasteiger partial charge in [-0.1, -0.05) is 26.7 Å². The molecule has 14 heavy (non-hydrogen) atoms. The van der Waals surface area contributed by atoms with Crippen molar-refractivity contribution in [2.75, 3.05) is 6.61 Å². The summed E-state index contributed by atoms with van der Waals surface area (Å²) in [7, 11) is 0. The van der Waals surface area contributed by atoms with Crippen molar-refractivity contribution in [2.45, 2.75) is 46.1 Å². The standard InChI is InChI=1S/C11H21NO2/c1-8(2)7-14-11(13)12-9(3)6-10-4-5-10/h8-10H,4-7H2,1-3H3,(H,12,13). The largest absolute Gasteiger partial charge is 0.449 e. The number of ether oxygens (including phenoxy) is 1. The zero-order chi connectivity index (χ0) is 10.6. The van der Waals surface area contributed by atoms with Gasteiger partial charge in [-0.05, 0) is 25.2 Å². The predicted molar refractivity (Wildman–Crippen MR) is 56.1 cm³/mol. The maximum atomic E-state index is 11.2. The SMILES string of the molecule is CC(C)COC(=O)NC(C)CC1CC1. The van der Waals surface area contributed by atoms with Crippen LogP contribution in [0.2, 0.25) is 0 Å². The maximum absolute atomic E-state index is 11.2. The molecule has 0 spiro atoms. The second-order valence-corrected chi connectivity index (χ2v) is 4.72. The molecule has 1 atom stereocenters. The molecule has 0 heterocycles. The fourth-order valence-corrected chi connectivity index (χ4v) is 1.40. The van der Waals surface area contributed by atoms with Gasteiger partial charge in [0.15, 0.2) is 0 Å². The van der Waals surface area contributed by atoms with E-state index in [1.54, 1.807) is 0 Å². The molecular weight excluding hydrogens is 178 g/mol. The van der Waals surface area contributed by atoms with Crippen molar-refractivity contribution >= 4 is 6.09 Å². The van der Waals surface area contributed by atoms with E-state index in [1.165, 1.54) is 12.8 Å². The second kappa shape index (κ2) is 5.23. The van der Waals surface area contributed by atoms with E-state index in [2.05, 4.69) is 5.32 Å². The molecule has 1 N–H and O–H groups in total. The van der Waals surface area contributed by atoms with Crippen molar-refractivity contribution < 1.29 is 9.53 Å². The molecule has 1 aliphatic rings. The van der Waals surface area contributed by atoms with Crippen LogP contribution in [0.15, 0.2) is 0 Å². The van der Waals surface area contributed by atoms with Gasteiger partial charge in [-0.25, -0.2) is 4.79 Å². The molecule has 1 rings (SSSR count). The van der Waals surface area contributed by atoms with Crippen LogP contribution in [0.3, 0.4) is 0 Å². The van der Waals surface area contributed by atoms with Gasteiger partial charge in [0.05, 0.1) is 6.61 Å². The minimum absolute atomic E-state index is 0.252. The monoisotopic (exact) mass is 199 g/mol. The molecule has 0 saturated heterocycles. The number of rotatable bonds is 5. The quantitative estimate of drug-likeness (QED) is 0.739. The number of hydrogen-bond donors (Lipinski definition) is 1. The summed E-state index contributed by atoms with van der Waals surface area (Å²) in [6.45, 7) is 6.60. The highest BCUT2D eigenvalue weighted by Gasteiger charge is 2.24. The molecule has 3 heteroatoms. The molecule has 0 aliphatic heterocycles. The number of carbonyl (C=O) groups is 1. The third-order valence-electron chi connectivity index (χ3n) is 2.30. The van der Waals surface area contributed by atoms with Crippen LogP contribution in [0.4, 0.5) is 4.79 Å². The average Bonchev–Trinajstić information content (AvgIpc) is 2.84. The summed E-state index contributed by atoms with van der Waals surface area (Å²) >= 11 is 0. The average molecular weight is 199 g/mol. The van der Waals surface area contributed by atoms with Gasteiger partial charge < -0.3 is 10.1 Å². The van der Waals surface area contributed by atoms with Gasteiger partial charge in [-0.2, -0.15) is 0 Å². The number of nitrogens with one attached hydrogen (secondary N) is 1. The van der Waals surface area contributed by atoms with Crippen LogP contribution in [-0.4, -0.2) is 18.7 Å². The predicted octanol–water partition coefficient (Wildman–Crippen LogP) is 2.56. The van der Waals surface area contributed by atoms with Crippen LogP contribution < -0.4 is 5.32 Å². The number of hydrogen-bond acceptors (Lipinski definition) is 2. The molecule has 0 aromatic rings. The Kier molecular flexibility index (Phi) is 4.23. The summed E-state index contributed by atoms with van der Waals surface area (Å²) in [5, 5.41) is 2.85. The lowest BCUT2D eigenvalue weighted by Crippen LogP contribution is -2.34. The van der Waals surface area contributed by atoms with Crippen molar-refractivity contribution in [1.29, 1.82) is 0 Å². The smallest absolute Gasteiger partial charge is 0.407 e. The zero-order valence-corrected chi connectivity index (χ0v) is 9.38. The highest BCUT2D eigenvalue weighted by Crippen LogP contribution is 2.33. The van der Waals surface area contributed by atoms with Crippen LogP contribution >= 0.6 is 0 Å². The van der Waals surface area contributed by atoms with Crippen molar-refractivity contribution in [3.63, 3.8) is 0 Å². The summed E-state index contributed by atoms with van der Waals surface area (Å²) in [6.07, 6.45) is 3.48. The number of alkyl carbamates (subject to hydrolysis) is 1. The van der Waals surface area contributed by atoms with Gasteiger partial charge >= 0.3 is 6.09 Å². The first kappa shape index (κ1) is 11.3. The summed E-state index contributed by atoms with van der Waals surface area (Å²) < 4.78 is 5.03. The highest BCUT2D eigenvalue weighted by atomic mass is 16.5. The molecule has 1 fully saturated rings. The van der Waals surface area contributed by atoms with E-state index in [0.717, 1.165) is 12.3 Å².